The maximum atomic E-state index is 12.2. The van der Waals surface area contributed by atoms with E-state index in [4.69, 9.17) is 21.1 Å². The van der Waals surface area contributed by atoms with Crippen molar-refractivity contribution in [1.82, 2.24) is 5.32 Å². The van der Waals surface area contributed by atoms with Gasteiger partial charge in [-0.15, -0.1) is 0 Å². The highest BCUT2D eigenvalue weighted by molar-refractivity contribution is 6.32. The van der Waals surface area contributed by atoms with Crippen LogP contribution in [-0.4, -0.2) is 19.6 Å². The highest BCUT2D eigenvalue weighted by Crippen LogP contribution is 2.27. The minimum absolute atomic E-state index is 0.0956. The molecular formula is C19H22ClNO3. The lowest BCUT2D eigenvalue weighted by atomic mass is 10.0. The summed E-state index contributed by atoms with van der Waals surface area (Å²) in [6.07, 6.45) is 0. The topological polar surface area (TPSA) is 47.6 Å². The lowest BCUT2D eigenvalue weighted by Crippen LogP contribution is -2.31. The van der Waals surface area contributed by atoms with E-state index in [2.05, 4.69) is 5.32 Å². The van der Waals surface area contributed by atoms with E-state index in [1.165, 1.54) is 0 Å². The molecule has 0 spiro atoms. The van der Waals surface area contributed by atoms with E-state index in [1.807, 2.05) is 51.1 Å². The number of hydrogen-bond acceptors (Lipinski definition) is 3. The Balaban J connectivity index is 1.99. The van der Waals surface area contributed by atoms with Crippen molar-refractivity contribution >= 4 is 17.5 Å². The number of halogens is 1. The van der Waals surface area contributed by atoms with Crippen LogP contribution in [0.4, 0.5) is 0 Å². The second-order valence-electron chi connectivity index (χ2n) is 5.76. The van der Waals surface area contributed by atoms with E-state index >= 15 is 0 Å². The van der Waals surface area contributed by atoms with Gasteiger partial charge in [0.05, 0.1) is 18.2 Å². The summed E-state index contributed by atoms with van der Waals surface area (Å²) < 4.78 is 10.9. The summed E-state index contributed by atoms with van der Waals surface area (Å²) in [6.45, 7) is 5.76. The minimum Gasteiger partial charge on any atom is -0.496 e. The van der Waals surface area contributed by atoms with E-state index in [0.717, 1.165) is 22.4 Å². The summed E-state index contributed by atoms with van der Waals surface area (Å²) in [5, 5.41) is 3.40. The van der Waals surface area contributed by atoms with E-state index < -0.39 is 0 Å². The summed E-state index contributed by atoms with van der Waals surface area (Å²) >= 11 is 6.07. The number of aryl methyl sites for hydroxylation is 2. The molecule has 128 valence electrons. The van der Waals surface area contributed by atoms with Crippen LogP contribution in [0.3, 0.4) is 0 Å². The van der Waals surface area contributed by atoms with Gasteiger partial charge < -0.3 is 14.8 Å². The maximum Gasteiger partial charge on any atom is 0.258 e. The molecule has 0 aliphatic rings. The number of nitrogens with one attached hydrogen (secondary N) is 1. The van der Waals surface area contributed by atoms with Crippen LogP contribution >= 0.6 is 11.6 Å². The van der Waals surface area contributed by atoms with Crippen molar-refractivity contribution < 1.29 is 14.3 Å². The average molecular weight is 348 g/mol. The van der Waals surface area contributed by atoms with Crippen LogP contribution in [0.5, 0.6) is 11.5 Å². The molecule has 0 fully saturated rings. The Bertz CT molecular complexity index is 731. The van der Waals surface area contributed by atoms with Gasteiger partial charge in [-0.1, -0.05) is 35.4 Å². The number of hydrogen-bond donors (Lipinski definition) is 1. The highest BCUT2D eigenvalue weighted by atomic mass is 35.5. The Morgan fingerprint density at radius 2 is 1.79 bits per heavy atom. The Kier molecular flexibility index (Phi) is 6.10. The molecule has 4 nitrogen and oxygen atoms in total. The van der Waals surface area contributed by atoms with Crippen LogP contribution in [0.15, 0.2) is 36.4 Å². The lowest BCUT2D eigenvalue weighted by Gasteiger charge is -2.18. The first-order valence-electron chi connectivity index (χ1n) is 7.73. The normalized spacial score (nSPS) is 11.7. The van der Waals surface area contributed by atoms with Crippen molar-refractivity contribution in [3.05, 3.63) is 58.1 Å². The summed E-state index contributed by atoms with van der Waals surface area (Å²) in [6, 6.07) is 11.1. The van der Waals surface area contributed by atoms with Crippen molar-refractivity contribution in [2.45, 2.75) is 26.8 Å². The molecule has 0 aromatic heterocycles. The number of amides is 1. The molecule has 24 heavy (non-hydrogen) atoms. The Morgan fingerprint density at radius 1 is 1.12 bits per heavy atom. The molecule has 0 saturated heterocycles. The van der Waals surface area contributed by atoms with Gasteiger partial charge in [-0.3, -0.25) is 4.79 Å². The first-order valence-corrected chi connectivity index (χ1v) is 8.11. The van der Waals surface area contributed by atoms with Crippen molar-refractivity contribution in [2.24, 2.45) is 0 Å². The number of rotatable bonds is 6. The molecule has 1 atom stereocenters. The van der Waals surface area contributed by atoms with E-state index in [9.17, 15) is 4.79 Å². The second kappa shape index (κ2) is 8.06. The van der Waals surface area contributed by atoms with Crippen LogP contribution in [-0.2, 0) is 4.79 Å². The first kappa shape index (κ1) is 18.1. The number of carbonyl (C=O) groups is 1. The summed E-state index contributed by atoms with van der Waals surface area (Å²) in [5.41, 5.74) is 3.06. The number of ether oxygens (including phenoxy) is 2. The van der Waals surface area contributed by atoms with Gasteiger partial charge >= 0.3 is 0 Å². The molecule has 0 saturated carbocycles. The molecule has 1 N–H and O–H groups in total. The predicted octanol–water partition coefficient (Wildman–Crippen LogP) is 4.22. The number of carbonyl (C=O) groups excluding carboxylic acids is 1. The molecule has 2 aromatic carbocycles. The van der Waals surface area contributed by atoms with Gasteiger partial charge in [-0.2, -0.15) is 0 Å². The van der Waals surface area contributed by atoms with E-state index in [1.54, 1.807) is 13.2 Å². The van der Waals surface area contributed by atoms with Gasteiger partial charge in [-0.05, 0) is 44.5 Å². The number of methoxy groups -OCH3 is 1. The van der Waals surface area contributed by atoms with E-state index in [0.29, 0.717) is 10.8 Å². The quantitative estimate of drug-likeness (QED) is 0.851. The third-order valence-electron chi connectivity index (χ3n) is 3.67. The molecular weight excluding hydrogens is 326 g/mol. The van der Waals surface area contributed by atoms with Gasteiger partial charge in [0.1, 0.15) is 11.5 Å². The predicted molar refractivity (Wildman–Crippen MR) is 96.0 cm³/mol. The Morgan fingerprint density at radius 3 is 2.50 bits per heavy atom. The molecule has 0 unspecified atom stereocenters. The molecule has 0 aliphatic carbocycles. The SMILES string of the molecule is COc1ccc(C)cc1[C@H](C)NC(=O)COc1cc(C)ccc1Cl. The molecule has 5 heteroatoms. The minimum atomic E-state index is -0.219. The van der Waals surface area contributed by atoms with Gasteiger partial charge in [0.25, 0.3) is 5.91 Å². The molecule has 0 heterocycles. The van der Waals surface area contributed by atoms with Crippen LogP contribution < -0.4 is 14.8 Å². The smallest absolute Gasteiger partial charge is 0.258 e. The Hall–Kier alpha value is -2.20. The molecule has 0 aliphatic heterocycles. The summed E-state index contributed by atoms with van der Waals surface area (Å²) in [7, 11) is 1.62. The first-order chi connectivity index (χ1) is 11.4. The largest absolute Gasteiger partial charge is 0.496 e. The monoisotopic (exact) mass is 347 g/mol. The fourth-order valence-electron chi connectivity index (χ4n) is 2.42. The maximum absolute atomic E-state index is 12.2. The van der Waals surface area contributed by atoms with Crippen LogP contribution in [0, 0.1) is 13.8 Å². The fraction of sp³-hybridized carbons (Fsp3) is 0.316. The third-order valence-corrected chi connectivity index (χ3v) is 3.99. The molecule has 0 radical (unpaired) electrons. The zero-order valence-corrected chi connectivity index (χ0v) is 15.1. The second-order valence-corrected chi connectivity index (χ2v) is 6.16. The fourth-order valence-corrected chi connectivity index (χ4v) is 2.59. The third kappa shape index (κ3) is 4.65. The standard InChI is InChI=1S/C19H22ClNO3/c1-12-6-8-17(23-4)15(9-12)14(3)21-19(22)11-24-18-10-13(2)5-7-16(18)20/h5-10,14H,11H2,1-4H3,(H,21,22)/t14-/m0/s1. The lowest BCUT2D eigenvalue weighted by molar-refractivity contribution is -0.123. The molecule has 2 rings (SSSR count). The zero-order chi connectivity index (χ0) is 17.7. The summed E-state index contributed by atoms with van der Waals surface area (Å²) in [4.78, 5) is 12.2. The zero-order valence-electron chi connectivity index (χ0n) is 14.4. The average Bonchev–Trinajstić information content (AvgIpc) is 2.55. The van der Waals surface area contributed by atoms with Gasteiger partial charge in [0, 0.05) is 5.56 Å². The molecule has 0 bridgehead atoms. The van der Waals surface area contributed by atoms with Crippen LogP contribution in [0.1, 0.15) is 29.7 Å². The van der Waals surface area contributed by atoms with E-state index in [-0.39, 0.29) is 18.6 Å². The number of benzene rings is 2. The molecule has 1 amide bonds. The highest BCUT2D eigenvalue weighted by Gasteiger charge is 2.15. The van der Waals surface area contributed by atoms with Crippen LogP contribution in [0.25, 0.3) is 0 Å². The van der Waals surface area contributed by atoms with Gasteiger partial charge in [0.15, 0.2) is 6.61 Å². The van der Waals surface area contributed by atoms with Crippen LogP contribution in [0.2, 0.25) is 5.02 Å². The summed E-state index contributed by atoms with van der Waals surface area (Å²) in [5.74, 6) is 1.03. The Labute approximate surface area is 147 Å². The van der Waals surface area contributed by atoms with Gasteiger partial charge in [0.2, 0.25) is 0 Å². The van der Waals surface area contributed by atoms with Crippen molar-refractivity contribution in [2.75, 3.05) is 13.7 Å². The molecule has 2 aromatic rings. The van der Waals surface area contributed by atoms with Gasteiger partial charge in [-0.25, -0.2) is 0 Å². The van der Waals surface area contributed by atoms with Crippen molar-refractivity contribution in [3.8, 4) is 11.5 Å². The van der Waals surface area contributed by atoms with Crippen molar-refractivity contribution in [1.29, 1.82) is 0 Å². The van der Waals surface area contributed by atoms with Crippen molar-refractivity contribution in [3.63, 3.8) is 0 Å².